The molecule has 3 aromatic rings. The van der Waals surface area contributed by atoms with Crippen molar-refractivity contribution in [1.29, 1.82) is 0 Å². The van der Waals surface area contributed by atoms with E-state index in [1.807, 2.05) is 69.4 Å². The van der Waals surface area contributed by atoms with Crippen LogP contribution in [0.5, 0.6) is 0 Å². The zero-order chi connectivity index (χ0) is 15.7. The number of aromatic nitrogens is 2. The lowest BCUT2D eigenvalue weighted by atomic mass is 10.1. The van der Waals surface area contributed by atoms with Crippen LogP contribution in [-0.2, 0) is 4.74 Å². The predicted molar refractivity (Wildman–Crippen MR) is 84.9 cm³/mol. The maximum Gasteiger partial charge on any atom is 0.357 e. The fourth-order valence-electron chi connectivity index (χ4n) is 2.52. The van der Waals surface area contributed by atoms with Crippen LogP contribution in [0.1, 0.15) is 40.3 Å². The Kier molecular flexibility index (Phi) is 3.67. The van der Waals surface area contributed by atoms with Gasteiger partial charge in [0.2, 0.25) is 0 Å². The molecule has 1 atom stereocenters. The summed E-state index contributed by atoms with van der Waals surface area (Å²) in [6.07, 6.45) is 1.55. The van der Waals surface area contributed by atoms with Crippen LogP contribution in [0.25, 0.3) is 5.65 Å². The number of fused-ring (bicyclic) bond motifs is 1. The Balaban J connectivity index is 1.91. The first-order valence-electron chi connectivity index (χ1n) is 7.27. The molecule has 0 fully saturated rings. The monoisotopic (exact) mass is 294 g/mol. The number of aryl methyl sites for hydroxylation is 2. The molecule has 0 spiro atoms. The van der Waals surface area contributed by atoms with Crippen LogP contribution < -0.4 is 0 Å². The summed E-state index contributed by atoms with van der Waals surface area (Å²) < 4.78 is 7.38. The quantitative estimate of drug-likeness (QED) is 0.689. The number of carbonyl (C=O) groups is 1. The van der Waals surface area contributed by atoms with Crippen molar-refractivity contribution in [3.05, 3.63) is 71.2 Å². The van der Waals surface area contributed by atoms with Gasteiger partial charge in [-0.15, -0.1) is 0 Å². The molecule has 4 heteroatoms. The maximum absolute atomic E-state index is 12.5. The minimum absolute atomic E-state index is 0.302. The second-order valence-corrected chi connectivity index (χ2v) is 5.44. The Labute approximate surface area is 129 Å². The summed E-state index contributed by atoms with van der Waals surface area (Å²) in [4.78, 5) is 17.0. The Hall–Kier alpha value is -2.62. The summed E-state index contributed by atoms with van der Waals surface area (Å²) in [6, 6.07) is 13.6. The second-order valence-electron chi connectivity index (χ2n) is 5.44. The summed E-state index contributed by atoms with van der Waals surface area (Å²) in [6.45, 7) is 5.70. The van der Waals surface area contributed by atoms with Crippen LogP contribution in [-0.4, -0.2) is 15.4 Å². The summed E-state index contributed by atoms with van der Waals surface area (Å²) in [5, 5.41) is 0. The molecule has 0 aliphatic carbocycles. The highest BCUT2D eigenvalue weighted by molar-refractivity contribution is 5.90. The van der Waals surface area contributed by atoms with Crippen molar-refractivity contribution in [1.82, 2.24) is 9.38 Å². The lowest BCUT2D eigenvalue weighted by molar-refractivity contribution is 0.0328. The molecule has 4 nitrogen and oxygen atoms in total. The van der Waals surface area contributed by atoms with E-state index < -0.39 is 0 Å². The normalized spacial score (nSPS) is 12.3. The first-order valence-corrected chi connectivity index (χ1v) is 7.27. The van der Waals surface area contributed by atoms with Crippen molar-refractivity contribution in [2.75, 3.05) is 0 Å². The highest BCUT2D eigenvalue weighted by Gasteiger charge is 2.20. The molecular formula is C18H18N2O2. The maximum atomic E-state index is 12.5. The minimum Gasteiger partial charge on any atom is -0.453 e. The van der Waals surface area contributed by atoms with Gasteiger partial charge in [-0.05, 0) is 44.0 Å². The number of hydrogen-bond acceptors (Lipinski definition) is 3. The molecule has 0 saturated carbocycles. The largest absolute Gasteiger partial charge is 0.453 e. The lowest BCUT2D eigenvalue weighted by Crippen LogP contribution is -2.12. The highest BCUT2D eigenvalue weighted by Crippen LogP contribution is 2.20. The van der Waals surface area contributed by atoms with E-state index in [2.05, 4.69) is 4.98 Å². The molecule has 0 amide bonds. The molecule has 0 aliphatic heterocycles. The van der Waals surface area contributed by atoms with Crippen molar-refractivity contribution in [2.24, 2.45) is 0 Å². The van der Waals surface area contributed by atoms with Gasteiger partial charge in [0, 0.05) is 6.20 Å². The van der Waals surface area contributed by atoms with E-state index in [1.54, 1.807) is 4.40 Å². The zero-order valence-corrected chi connectivity index (χ0v) is 12.9. The number of hydrogen-bond donors (Lipinski definition) is 0. The molecule has 0 bridgehead atoms. The number of esters is 1. The van der Waals surface area contributed by atoms with E-state index >= 15 is 0 Å². The van der Waals surface area contributed by atoms with Crippen LogP contribution in [0, 0.1) is 13.8 Å². The molecule has 0 radical (unpaired) electrons. The number of rotatable bonds is 3. The number of carbonyl (C=O) groups excluding carboxylic acids is 1. The highest BCUT2D eigenvalue weighted by atomic mass is 16.5. The summed E-state index contributed by atoms with van der Waals surface area (Å²) in [5.74, 6) is -0.356. The van der Waals surface area contributed by atoms with Gasteiger partial charge in [0.25, 0.3) is 0 Å². The van der Waals surface area contributed by atoms with Crippen molar-refractivity contribution >= 4 is 11.6 Å². The molecule has 3 rings (SSSR count). The van der Waals surface area contributed by atoms with E-state index in [0.717, 1.165) is 16.8 Å². The SMILES string of the molecule is Cc1ccn2c(C(=O)O[C@@H](C)c3ccccc3)c(C)nc2c1. The lowest BCUT2D eigenvalue weighted by Gasteiger charge is -2.13. The molecule has 112 valence electrons. The number of imidazole rings is 1. The van der Waals surface area contributed by atoms with Gasteiger partial charge in [-0.2, -0.15) is 0 Å². The van der Waals surface area contributed by atoms with E-state index in [9.17, 15) is 4.79 Å². The molecule has 0 aliphatic rings. The van der Waals surface area contributed by atoms with Crippen molar-refractivity contribution < 1.29 is 9.53 Å². The smallest absolute Gasteiger partial charge is 0.357 e. The fourth-order valence-corrected chi connectivity index (χ4v) is 2.52. The topological polar surface area (TPSA) is 43.6 Å². The van der Waals surface area contributed by atoms with Crippen LogP contribution in [0.4, 0.5) is 0 Å². The molecular weight excluding hydrogens is 276 g/mol. The Morgan fingerprint density at radius 2 is 1.91 bits per heavy atom. The third-order valence-corrected chi connectivity index (χ3v) is 3.70. The first-order chi connectivity index (χ1) is 10.6. The number of ether oxygens (including phenoxy) is 1. The third-order valence-electron chi connectivity index (χ3n) is 3.70. The minimum atomic E-state index is -0.356. The molecule has 2 heterocycles. The standard InChI is InChI=1S/C18H18N2O2/c1-12-9-10-20-16(11-12)19-13(2)17(20)18(21)22-14(3)15-7-5-4-6-8-15/h4-11,14H,1-3H3/t14-/m0/s1. The van der Waals surface area contributed by atoms with Gasteiger partial charge in [-0.25, -0.2) is 9.78 Å². The van der Waals surface area contributed by atoms with Crippen LogP contribution in [0.2, 0.25) is 0 Å². The van der Waals surface area contributed by atoms with Crippen LogP contribution in [0.15, 0.2) is 48.7 Å². The summed E-state index contributed by atoms with van der Waals surface area (Å²) in [7, 11) is 0. The molecule has 0 unspecified atom stereocenters. The fraction of sp³-hybridized carbons (Fsp3) is 0.222. The molecule has 0 saturated heterocycles. The van der Waals surface area contributed by atoms with Crippen LogP contribution >= 0.6 is 0 Å². The number of benzene rings is 1. The molecule has 22 heavy (non-hydrogen) atoms. The average Bonchev–Trinajstić information content (AvgIpc) is 2.83. The van der Waals surface area contributed by atoms with Gasteiger partial charge in [0.1, 0.15) is 11.8 Å². The average molecular weight is 294 g/mol. The Morgan fingerprint density at radius 3 is 2.64 bits per heavy atom. The third kappa shape index (κ3) is 2.60. The zero-order valence-electron chi connectivity index (χ0n) is 12.9. The number of pyridine rings is 1. The summed E-state index contributed by atoms with van der Waals surface area (Å²) in [5.41, 5.74) is 4.00. The first kappa shape index (κ1) is 14.3. The van der Waals surface area contributed by atoms with E-state index in [0.29, 0.717) is 11.4 Å². The van der Waals surface area contributed by atoms with Crippen molar-refractivity contribution in [3.8, 4) is 0 Å². The van der Waals surface area contributed by atoms with Gasteiger partial charge in [-0.3, -0.25) is 4.40 Å². The van der Waals surface area contributed by atoms with Gasteiger partial charge < -0.3 is 4.74 Å². The number of nitrogens with zero attached hydrogens (tertiary/aromatic N) is 2. The van der Waals surface area contributed by atoms with E-state index in [-0.39, 0.29) is 12.1 Å². The van der Waals surface area contributed by atoms with Gasteiger partial charge in [0.05, 0.1) is 5.69 Å². The van der Waals surface area contributed by atoms with E-state index in [4.69, 9.17) is 4.74 Å². The van der Waals surface area contributed by atoms with Crippen molar-refractivity contribution in [3.63, 3.8) is 0 Å². The Morgan fingerprint density at radius 1 is 1.18 bits per heavy atom. The van der Waals surface area contributed by atoms with Gasteiger partial charge >= 0.3 is 5.97 Å². The van der Waals surface area contributed by atoms with Gasteiger partial charge in [0.15, 0.2) is 5.69 Å². The summed E-state index contributed by atoms with van der Waals surface area (Å²) >= 11 is 0. The van der Waals surface area contributed by atoms with Crippen LogP contribution in [0.3, 0.4) is 0 Å². The van der Waals surface area contributed by atoms with Gasteiger partial charge in [-0.1, -0.05) is 30.3 Å². The molecule has 2 aromatic heterocycles. The molecule has 1 aromatic carbocycles. The predicted octanol–water partition coefficient (Wildman–Crippen LogP) is 3.87. The second kappa shape index (κ2) is 5.64. The molecule has 0 N–H and O–H groups in total. The van der Waals surface area contributed by atoms with Crippen molar-refractivity contribution in [2.45, 2.75) is 26.9 Å². The Bertz CT molecular complexity index is 822. The van der Waals surface area contributed by atoms with E-state index in [1.165, 1.54) is 0 Å².